The number of rotatable bonds is 4. The van der Waals surface area contributed by atoms with Crippen molar-refractivity contribution in [3.05, 3.63) is 59.2 Å². The third-order valence-electron chi connectivity index (χ3n) is 3.81. The molecule has 1 atom stereocenters. The number of carbonyl (C=O) groups excluding carboxylic acids is 1. The van der Waals surface area contributed by atoms with E-state index < -0.39 is 0 Å². The van der Waals surface area contributed by atoms with E-state index >= 15 is 0 Å². The Kier molecular flexibility index (Phi) is 4.11. The van der Waals surface area contributed by atoms with Crippen molar-refractivity contribution in [2.45, 2.75) is 33.1 Å². The van der Waals surface area contributed by atoms with E-state index in [0.717, 1.165) is 16.9 Å². The first-order valence-electron chi connectivity index (χ1n) is 7.45. The lowest BCUT2D eigenvalue weighted by Gasteiger charge is -2.17. The van der Waals surface area contributed by atoms with Gasteiger partial charge in [0, 0.05) is 24.3 Å². The smallest absolute Gasteiger partial charge is 0.221 e. The zero-order valence-electron chi connectivity index (χ0n) is 12.8. The van der Waals surface area contributed by atoms with Crippen LogP contribution in [0.3, 0.4) is 0 Å². The lowest BCUT2D eigenvalue weighted by Crippen LogP contribution is -2.09. The van der Waals surface area contributed by atoms with E-state index in [2.05, 4.69) is 41.8 Å². The molecular formula is C18H20N2O2. The fourth-order valence-electron chi connectivity index (χ4n) is 2.68. The van der Waals surface area contributed by atoms with Gasteiger partial charge in [0.15, 0.2) is 0 Å². The molecule has 4 nitrogen and oxygen atoms in total. The van der Waals surface area contributed by atoms with E-state index in [1.807, 2.05) is 18.2 Å². The van der Waals surface area contributed by atoms with Crippen LogP contribution in [0.2, 0.25) is 0 Å². The van der Waals surface area contributed by atoms with Crippen LogP contribution in [0.4, 0.5) is 11.4 Å². The van der Waals surface area contributed by atoms with E-state index in [4.69, 9.17) is 4.74 Å². The van der Waals surface area contributed by atoms with Crippen LogP contribution in [0.25, 0.3) is 0 Å². The quantitative estimate of drug-likeness (QED) is 0.901. The van der Waals surface area contributed by atoms with Gasteiger partial charge < -0.3 is 15.4 Å². The number of ether oxygens (including phenoxy) is 1. The Labute approximate surface area is 130 Å². The first-order chi connectivity index (χ1) is 10.6. The summed E-state index contributed by atoms with van der Waals surface area (Å²) >= 11 is 0. The predicted octanol–water partition coefficient (Wildman–Crippen LogP) is 3.85. The van der Waals surface area contributed by atoms with E-state index in [-0.39, 0.29) is 11.9 Å². The normalized spacial score (nSPS) is 14.3. The van der Waals surface area contributed by atoms with Gasteiger partial charge in [-0.2, -0.15) is 0 Å². The Hall–Kier alpha value is -2.33. The Bertz CT molecular complexity index is 697. The summed E-state index contributed by atoms with van der Waals surface area (Å²) in [6.45, 7) is 5.03. The maximum Gasteiger partial charge on any atom is 0.221 e. The third kappa shape index (κ3) is 3.28. The second-order valence-corrected chi connectivity index (χ2v) is 5.65. The van der Waals surface area contributed by atoms with Crippen LogP contribution in [0.1, 0.15) is 36.6 Å². The molecule has 0 aromatic heterocycles. The molecule has 2 aromatic rings. The molecule has 2 aromatic carbocycles. The number of hydrogen-bond acceptors (Lipinski definition) is 3. The van der Waals surface area contributed by atoms with Crippen LogP contribution in [0.15, 0.2) is 42.5 Å². The first-order valence-corrected chi connectivity index (χ1v) is 7.45. The van der Waals surface area contributed by atoms with Crippen molar-refractivity contribution in [3.8, 4) is 0 Å². The summed E-state index contributed by atoms with van der Waals surface area (Å²) in [5, 5.41) is 6.31. The van der Waals surface area contributed by atoms with Crippen LogP contribution in [-0.4, -0.2) is 5.91 Å². The number of amides is 1. The molecule has 1 heterocycles. The fraction of sp³-hybridized carbons (Fsp3) is 0.278. The average molecular weight is 296 g/mol. The van der Waals surface area contributed by atoms with E-state index in [0.29, 0.717) is 13.2 Å². The summed E-state index contributed by atoms with van der Waals surface area (Å²) in [5.41, 5.74) is 5.56. The monoisotopic (exact) mass is 296 g/mol. The minimum atomic E-state index is -0.0589. The standard InChI is InChI=1S/C18H20N2O2/c1-12(14-4-3-5-17(8-14)20-13(2)21)19-18-7-6-15-10-22-11-16(15)9-18/h3-9,12,19H,10-11H2,1-2H3,(H,20,21)/t12-/m1/s1. The lowest BCUT2D eigenvalue weighted by molar-refractivity contribution is -0.114. The molecule has 4 heteroatoms. The minimum absolute atomic E-state index is 0.0589. The molecular weight excluding hydrogens is 276 g/mol. The molecule has 0 spiro atoms. The van der Waals surface area contributed by atoms with Crippen molar-refractivity contribution in [3.63, 3.8) is 0 Å². The number of carbonyl (C=O) groups is 1. The van der Waals surface area contributed by atoms with E-state index in [1.54, 1.807) is 0 Å². The van der Waals surface area contributed by atoms with Crippen molar-refractivity contribution in [2.24, 2.45) is 0 Å². The summed E-state index contributed by atoms with van der Waals surface area (Å²) in [5.74, 6) is -0.0589. The Morgan fingerprint density at radius 1 is 1.09 bits per heavy atom. The third-order valence-corrected chi connectivity index (χ3v) is 3.81. The van der Waals surface area contributed by atoms with Gasteiger partial charge in [0.25, 0.3) is 0 Å². The number of hydrogen-bond donors (Lipinski definition) is 2. The van der Waals surface area contributed by atoms with Crippen LogP contribution >= 0.6 is 0 Å². The van der Waals surface area contributed by atoms with E-state index in [1.165, 1.54) is 18.1 Å². The number of benzene rings is 2. The summed E-state index contributed by atoms with van der Waals surface area (Å²) in [6.07, 6.45) is 0. The molecule has 0 bridgehead atoms. The second-order valence-electron chi connectivity index (χ2n) is 5.65. The molecule has 0 saturated carbocycles. The van der Waals surface area contributed by atoms with Crippen molar-refractivity contribution < 1.29 is 9.53 Å². The van der Waals surface area contributed by atoms with Gasteiger partial charge >= 0.3 is 0 Å². The van der Waals surface area contributed by atoms with Gasteiger partial charge in [0.1, 0.15) is 0 Å². The van der Waals surface area contributed by atoms with Gasteiger partial charge in [-0.15, -0.1) is 0 Å². The molecule has 1 amide bonds. The maximum atomic E-state index is 11.2. The van der Waals surface area contributed by atoms with Crippen LogP contribution < -0.4 is 10.6 Å². The zero-order valence-corrected chi connectivity index (χ0v) is 12.8. The Balaban J connectivity index is 1.74. The highest BCUT2D eigenvalue weighted by molar-refractivity contribution is 5.88. The molecule has 114 valence electrons. The van der Waals surface area contributed by atoms with Crippen molar-refractivity contribution in [1.29, 1.82) is 0 Å². The SMILES string of the molecule is CC(=O)Nc1cccc([C@@H](C)Nc2ccc3c(c2)COC3)c1. The molecule has 0 saturated heterocycles. The molecule has 1 aliphatic rings. The predicted molar refractivity (Wildman–Crippen MR) is 87.7 cm³/mol. The topological polar surface area (TPSA) is 50.4 Å². The number of anilines is 2. The average Bonchev–Trinajstić information content (AvgIpc) is 2.94. The van der Waals surface area contributed by atoms with Gasteiger partial charge in [-0.25, -0.2) is 0 Å². The van der Waals surface area contributed by atoms with Crippen LogP contribution in [-0.2, 0) is 22.7 Å². The first kappa shape index (κ1) is 14.6. The lowest BCUT2D eigenvalue weighted by atomic mass is 10.1. The summed E-state index contributed by atoms with van der Waals surface area (Å²) in [6, 6.07) is 14.4. The highest BCUT2D eigenvalue weighted by Gasteiger charge is 2.12. The van der Waals surface area contributed by atoms with Gasteiger partial charge in [0.2, 0.25) is 5.91 Å². The largest absolute Gasteiger partial charge is 0.379 e. The summed E-state index contributed by atoms with van der Waals surface area (Å²) < 4.78 is 5.44. The molecule has 22 heavy (non-hydrogen) atoms. The van der Waals surface area contributed by atoms with Gasteiger partial charge in [-0.3, -0.25) is 4.79 Å². The molecule has 0 aliphatic carbocycles. The zero-order chi connectivity index (χ0) is 15.5. The molecule has 2 N–H and O–H groups in total. The molecule has 0 unspecified atom stereocenters. The number of nitrogens with one attached hydrogen (secondary N) is 2. The van der Waals surface area contributed by atoms with Gasteiger partial charge in [-0.1, -0.05) is 18.2 Å². The minimum Gasteiger partial charge on any atom is -0.379 e. The van der Waals surface area contributed by atoms with Crippen molar-refractivity contribution >= 4 is 17.3 Å². The van der Waals surface area contributed by atoms with Gasteiger partial charge in [0.05, 0.1) is 13.2 Å². The van der Waals surface area contributed by atoms with Crippen molar-refractivity contribution in [1.82, 2.24) is 0 Å². The van der Waals surface area contributed by atoms with Crippen LogP contribution in [0.5, 0.6) is 0 Å². The fourth-order valence-corrected chi connectivity index (χ4v) is 2.68. The highest BCUT2D eigenvalue weighted by atomic mass is 16.5. The van der Waals surface area contributed by atoms with Gasteiger partial charge in [-0.05, 0) is 47.9 Å². The molecule has 0 radical (unpaired) electrons. The highest BCUT2D eigenvalue weighted by Crippen LogP contribution is 2.26. The summed E-state index contributed by atoms with van der Waals surface area (Å²) in [4.78, 5) is 11.2. The Morgan fingerprint density at radius 3 is 2.73 bits per heavy atom. The van der Waals surface area contributed by atoms with Crippen molar-refractivity contribution in [2.75, 3.05) is 10.6 Å². The molecule has 3 rings (SSSR count). The molecule has 1 aliphatic heterocycles. The number of fused-ring (bicyclic) bond motifs is 1. The second kappa shape index (κ2) is 6.20. The van der Waals surface area contributed by atoms with E-state index in [9.17, 15) is 4.79 Å². The molecule has 0 fully saturated rings. The Morgan fingerprint density at radius 2 is 1.91 bits per heavy atom. The summed E-state index contributed by atoms with van der Waals surface area (Å²) in [7, 11) is 0. The maximum absolute atomic E-state index is 11.2. The van der Waals surface area contributed by atoms with Crippen LogP contribution in [0, 0.1) is 0 Å².